The lowest BCUT2D eigenvalue weighted by Gasteiger charge is -2.06. The summed E-state index contributed by atoms with van der Waals surface area (Å²) in [6.45, 7) is 6.50. The van der Waals surface area contributed by atoms with Crippen LogP contribution in [0.1, 0.15) is 45.7 Å². The highest BCUT2D eigenvalue weighted by molar-refractivity contribution is 6.41. The molecule has 0 radical (unpaired) electrons. The molecule has 4 aromatic rings. The van der Waals surface area contributed by atoms with Crippen molar-refractivity contribution in [2.75, 3.05) is 6.61 Å². The van der Waals surface area contributed by atoms with Gasteiger partial charge in [-0.1, -0.05) is 24.3 Å². The van der Waals surface area contributed by atoms with Gasteiger partial charge in [-0.2, -0.15) is 0 Å². The molecule has 1 heterocycles. The molecule has 4 rings (SSSR count). The number of Topliss-reactive ketones (excluding diaryl/α,β-unsaturated/α-hetero) is 1. The Kier molecular flexibility index (Phi) is 5.42. The predicted molar refractivity (Wildman–Crippen MR) is 121 cm³/mol. The molecule has 0 amide bonds. The molecular weight excluding hydrogens is 390 g/mol. The van der Waals surface area contributed by atoms with Crippen molar-refractivity contribution in [3.05, 3.63) is 82.9 Å². The molecule has 0 spiro atoms. The summed E-state index contributed by atoms with van der Waals surface area (Å²) >= 11 is 0. The fourth-order valence-electron chi connectivity index (χ4n) is 4.02. The highest BCUT2D eigenvalue weighted by Crippen LogP contribution is 2.31. The van der Waals surface area contributed by atoms with Crippen molar-refractivity contribution in [1.82, 2.24) is 4.57 Å². The molecule has 1 aromatic heterocycles. The van der Waals surface area contributed by atoms with Gasteiger partial charge in [0.1, 0.15) is 0 Å². The zero-order valence-electron chi connectivity index (χ0n) is 17.8. The fraction of sp³-hybridized carbons (Fsp3) is 0.192. The minimum absolute atomic E-state index is 0.0452. The number of nitrogens with zero attached hydrogens (tertiary/aromatic N) is 1. The van der Waals surface area contributed by atoms with E-state index in [0.29, 0.717) is 11.1 Å². The summed E-state index contributed by atoms with van der Waals surface area (Å²) in [4.78, 5) is 37.5. The van der Waals surface area contributed by atoms with E-state index in [-0.39, 0.29) is 18.0 Å². The lowest BCUT2D eigenvalue weighted by Crippen LogP contribution is -2.17. The quantitative estimate of drug-likeness (QED) is 0.251. The smallest absolute Gasteiger partial charge is 0.379 e. The number of ether oxygens (including phenoxy) is 1. The molecule has 0 atom stereocenters. The Morgan fingerprint density at radius 1 is 0.839 bits per heavy atom. The van der Waals surface area contributed by atoms with Crippen LogP contribution in [0.5, 0.6) is 0 Å². The van der Waals surface area contributed by atoms with Crippen LogP contribution in [-0.4, -0.2) is 28.7 Å². The summed E-state index contributed by atoms with van der Waals surface area (Å²) in [7, 11) is 0. The van der Waals surface area contributed by atoms with Crippen molar-refractivity contribution in [2.45, 2.75) is 27.3 Å². The highest BCUT2D eigenvalue weighted by Gasteiger charge is 2.20. The molecule has 0 saturated heterocycles. The molecule has 5 heteroatoms. The van der Waals surface area contributed by atoms with Gasteiger partial charge < -0.3 is 9.30 Å². The second-order valence-electron chi connectivity index (χ2n) is 7.40. The third-order valence-corrected chi connectivity index (χ3v) is 5.56. The molecule has 31 heavy (non-hydrogen) atoms. The third-order valence-electron chi connectivity index (χ3n) is 5.56. The zero-order valence-corrected chi connectivity index (χ0v) is 17.8. The van der Waals surface area contributed by atoms with Crippen molar-refractivity contribution in [3.8, 4) is 0 Å². The maximum Gasteiger partial charge on any atom is 0.379 e. The summed E-state index contributed by atoms with van der Waals surface area (Å²) in [5.74, 6) is -1.58. The van der Waals surface area contributed by atoms with Crippen LogP contribution in [0.3, 0.4) is 0 Å². The van der Waals surface area contributed by atoms with Crippen molar-refractivity contribution >= 4 is 39.3 Å². The molecule has 0 fully saturated rings. The number of rotatable bonds is 6. The second-order valence-corrected chi connectivity index (χ2v) is 7.40. The van der Waals surface area contributed by atoms with Crippen LogP contribution >= 0.6 is 0 Å². The lowest BCUT2D eigenvalue weighted by molar-refractivity contribution is -0.137. The molecule has 3 aromatic carbocycles. The average Bonchev–Trinajstić information content (AvgIpc) is 3.10. The van der Waals surface area contributed by atoms with Crippen LogP contribution < -0.4 is 0 Å². The molecule has 0 unspecified atom stereocenters. The van der Waals surface area contributed by atoms with Crippen molar-refractivity contribution in [2.24, 2.45) is 0 Å². The molecule has 5 nitrogen and oxygen atoms in total. The SMILES string of the molecule is CCOC(=O)C(=O)c1ccc2c(c1)c1cc(C(=O)c3ccccc3C)ccc1n2CC. The molecule has 0 aliphatic rings. The van der Waals surface area contributed by atoms with Crippen molar-refractivity contribution in [3.63, 3.8) is 0 Å². The van der Waals surface area contributed by atoms with E-state index in [0.717, 1.165) is 33.9 Å². The largest absolute Gasteiger partial charge is 0.460 e. The fourth-order valence-corrected chi connectivity index (χ4v) is 4.02. The zero-order chi connectivity index (χ0) is 22.1. The number of ketones is 2. The van der Waals surface area contributed by atoms with E-state index in [2.05, 4.69) is 4.57 Å². The van der Waals surface area contributed by atoms with Gasteiger partial charge >= 0.3 is 5.97 Å². The number of carbonyl (C=O) groups is 3. The highest BCUT2D eigenvalue weighted by atomic mass is 16.5. The Hall–Kier alpha value is -3.73. The van der Waals surface area contributed by atoms with Gasteiger partial charge in [0, 0.05) is 45.0 Å². The minimum atomic E-state index is -0.864. The van der Waals surface area contributed by atoms with E-state index in [1.807, 2.05) is 62.4 Å². The van der Waals surface area contributed by atoms with Gasteiger partial charge in [0.05, 0.1) is 6.61 Å². The van der Waals surface area contributed by atoms with Gasteiger partial charge in [0.15, 0.2) is 5.78 Å². The number of hydrogen-bond donors (Lipinski definition) is 0. The van der Waals surface area contributed by atoms with Gasteiger partial charge in [-0.25, -0.2) is 4.79 Å². The van der Waals surface area contributed by atoms with E-state index >= 15 is 0 Å². The Balaban J connectivity index is 1.89. The van der Waals surface area contributed by atoms with Crippen LogP contribution in [0.15, 0.2) is 60.7 Å². The monoisotopic (exact) mass is 413 g/mol. The first-order valence-corrected chi connectivity index (χ1v) is 10.3. The average molecular weight is 413 g/mol. The van der Waals surface area contributed by atoms with E-state index in [9.17, 15) is 14.4 Å². The Morgan fingerprint density at radius 3 is 2.06 bits per heavy atom. The lowest BCUT2D eigenvalue weighted by atomic mass is 9.97. The Bertz CT molecular complexity index is 1350. The van der Waals surface area contributed by atoms with Crippen molar-refractivity contribution < 1.29 is 19.1 Å². The number of aryl methyl sites for hydroxylation is 2. The first-order valence-electron chi connectivity index (χ1n) is 10.3. The van der Waals surface area contributed by atoms with Crippen LogP contribution in [0.2, 0.25) is 0 Å². The van der Waals surface area contributed by atoms with E-state index in [1.165, 1.54) is 0 Å². The minimum Gasteiger partial charge on any atom is -0.460 e. The number of benzene rings is 3. The molecule has 0 aliphatic heterocycles. The number of fused-ring (bicyclic) bond motifs is 3. The molecule has 156 valence electrons. The standard InChI is InChI=1S/C26H23NO4/c1-4-27-22-12-10-17(24(28)19-9-7-6-8-16(19)3)14-20(22)21-15-18(11-13-23(21)27)25(29)26(30)31-5-2/h6-15H,4-5H2,1-3H3. The molecule has 0 saturated carbocycles. The Labute approximate surface area is 180 Å². The summed E-state index contributed by atoms with van der Waals surface area (Å²) in [5.41, 5.74) is 4.36. The van der Waals surface area contributed by atoms with Crippen molar-refractivity contribution in [1.29, 1.82) is 0 Å². The molecular formula is C26H23NO4. The van der Waals surface area contributed by atoms with Crippen LogP contribution in [0.4, 0.5) is 0 Å². The first-order chi connectivity index (χ1) is 15.0. The molecule has 0 aliphatic carbocycles. The number of hydrogen-bond acceptors (Lipinski definition) is 4. The van der Waals surface area contributed by atoms with Crippen LogP contribution in [-0.2, 0) is 16.1 Å². The normalized spacial score (nSPS) is 11.1. The second kappa shape index (κ2) is 8.19. The number of aromatic nitrogens is 1. The van der Waals surface area contributed by atoms with Gasteiger partial charge in [-0.15, -0.1) is 0 Å². The Morgan fingerprint density at radius 2 is 1.45 bits per heavy atom. The van der Waals surface area contributed by atoms with Crippen LogP contribution in [0, 0.1) is 6.92 Å². The first kappa shape index (κ1) is 20.5. The molecule has 0 bridgehead atoms. The predicted octanol–water partition coefficient (Wildman–Crippen LogP) is 5.10. The van der Waals surface area contributed by atoms with Gasteiger partial charge in [0.25, 0.3) is 5.78 Å². The number of carbonyl (C=O) groups excluding carboxylic acids is 3. The molecule has 0 N–H and O–H groups in total. The summed E-state index contributed by atoms with van der Waals surface area (Å²) < 4.78 is 6.99. The topological polar surface area (TPSA) is 65.4 Å². The maximum absolute atomic E-state index is 13.1. The van der Waals surface area contributed by atoms with E-state index < -0.39 is 11.8 Å². The number of esters is 1. The third kappa shape index (κ3) is 3.52. The summed E-state index contributed by atoms with van der Waals surface area (Å²) in [6, 6.07) is 18.4. The van der Waals surface area contributed by atoms with E-state index in [1.54, 1.807) is 19.1 Å². The van der Waals surface area contributed by atoms with E-state index in [4.69, 9.17) is 4.74 Å². The van der Waals surface area contributed by atoms with Gasteiger partial charge in [-0.3, -0.25) is 9.59 Å². The maximum atomic E-state index is 13.1. The summed E-state index contributed by atoms with van der Waals surface area (Å²) in [6.07, 6.45) is 0. The van der Waals surface area contributed by atoms with Crippen LogP contribution in [0.25, 0.3) is 21.8 Å². The summed E-state index contributed by atoms with van der Waals surface area (Å²) in [5, 5.41) is 1.70. The van der Waals surface area contributed by atoms with Gasteiger partial charge in [0.2, 0.25) is 0 Å². The van der Waals surface area contributed by atoms with Gasteiger partial charge in [-0.05, 0) is 62.7 Å².